The van der Waals surface area contributed by atoms with Crippen LogP contribution in [0.25, 0.3) is 10.9 Å². The van der Waals surface area contributed by atoms with Crippen molar-refractivity contribution < 1.29 is 4.79 Å². The molecule has 1 fully saturated rings. The van der Waals surface area contributed by atoms with Crippen molar-refractivity contribution in [3.63, 3.8) is 0 Å². The Bertz CT molecular complexity index is 1080. The van der Waals surface area contributed by atoms with Gasteiger partial charge >= 0.3 is 0 Å². The van der Waals surface area contributed by atoms with Crippen LogP contribution in [0.3, 0.4) is 0 Å². The van der Waals surface area contributed by atoms with Gasteiger partial charge in [-0.25, -0.2) is 4.98 Å². The average Bonchev–Trinajstić information content (AvgIpc) is 2.80. The smallest absolute Gasteiger partial charge is 0.262 e. The lowest BCUT2D eigenvalue weighted by atomic mass is 10.0. The van der Waals surface area contributed by atoms with Gasteiger partial charge in [0.15, 0.2) is 5.16 Å². The van der Waals surface area contributed by atoms with Crippen LogP contribution in [-0.2, 0) is 11.3 Å². The summed E-state index contributed by atoms with van der Waals surface area (Å²) < 4.78 is 1.66. The second kappa shape index (κ2) is 9.43. The molecule has 3 heterocycles. The van der Waals surface area contributed by atoms with E-state index >= 15 is 0 Å². The van der Waals surface area contributed by atoms with Crippen LogP contribution >= 0.6 is 11.8 Å². The number of carbonyl (C=O) groups is 1. The number of thioether (sulfide) groups is 1. The fraction of sp³-hybridized carbons (Fsp3) is 0.391. The van der Waals surface area contributed by atoms with E-state index in [1.165, 1.54) is 18.2 Å². The van der Waals surface area contributed by atoms with Gasteiger partial charge in [-0.15, -0.1) is 0 Å². The van der Waals surface area contributed by atoms with Crippen LogP contribution in [0.1, 0.15) is 38.2 Å². The van der Waals surface area contributed by atoms with Crippen molar-refractivity contribution >= 4 is 28.6 Å². The van der Waals surface area contributed by atoms with Crippen molar-refractivity contribution in [3.8, 4) is 0 Å². The summed E-state index contributed by atoms with van der Waals surface area (Å²) in [6.07, 6.45) is 7.77. The number of fused-ring (bicyclic) bond motifs is 1. The predicted octanol–water partition coefficient (Wildman–Crippen LogP) is 3.72. The van der Waals surface area contributed by atoms with Crippen molar-refractivity contribution in [2.24, 2.45) is 0 Å². The maximum Gasteiger partial charge on any atom is 0.262 e. The Labute approximate surface area is 180 Å². The fourth-order valence-corrected chi connectivity index (χ4v) is 4.92. The van der Waals surface area contributed by atoms with Crippen molar-refractivity contribution in [1.29, 1.82) is 0 Å². The van der Waals surface area contributed by atoms with E-state index in [-0.39, 0.29) is 17.2 Å². The molecule has 0 bridgehead atoms. The first-order valence-electron chi connectivity index (χ1n) is 10.5. The van der Waals surface area contributed by atoms with Crippen molar-refractivity contribution in [3.05, 3.63) is 64.7 Å². The number of aromatic nitrogens is 3. The molecule has 156 valence electrons. The summed E-state index contributed by atoms with van der Waals surface area (Å²) in [5.41, 5.74) is 1.49. The highest BCUT2D eigenvalue weighted by Gasteiger charge is 2.25. The lowest BCUT2D eigenvalue weighted by molar-refractivity contribution is -0.132. The molecule has 1 amide bonds. The van der Waals surface area contributed by atoms with Gasteiger partial charge in [0, 0.05) is 25.0 Å². The van der Waals surface area contributed by atoms with E-state index < -0.39 is 0 Å². The van der Waals surface area contributed by atoms with Crippen LogP contribution in [0.2, 0.25) is 0 Å². The largest absolute Gasteiger partial charge is 0.339 e. The molecule has 4 rings (SSSR count). The number of carbonyl (C=O) groups excluding carboxylic acids is 1. The van der Waals surface area contributed by atoms with Gasteiger partial charge in [0.2, 0.25) is 5.91 Å². The molecule has 7 heteroatoms. The standard InChI is InChI=1S/C23H26N4O2S/c1-2-18-9-5-6-13-26(18)21(28)16-30-23-25-20-11-4-3-10-19(20)22(29)27(23)15-17-8-7-12-24-14-17/h3-4,7-8,10-12,14,18H,2,5-6,9,13,15-16H2,1H3/t18-/m0/s1. The zero-order valence-electron chi connectivity index (χ0n) is 17.2. The number of benzene rings is 1. The molecule has 0 aliphatic carbocycles. The SMILES string of the molecule is CC[C@H]1CCCCN1C(=O)CSc1nc2ccccc2c(=O)n1Cc1cccnc1. The average molecular weight is 423 g/mol. The Balaban J connectivity index is 1.62. The van der Waals surface area contributed by atoms with Crippen molar-refractivity contribution in [2.75, 3.05) is 12.3 Å². The molecule has 3 aromatic rings. The maximum atomic E-state index is 13.2. The zero-order valence-corrected chi connectivity index (χ0v) is 18.0. The highest BCUT2D eigenvalue weighted by molar-refractivity contribution is 7.99. The number of hydrogen-bond donors (Lipinski definition) is 0. The van der Waals surface area contributed by atoms with Crippen LogP contribution in [0.4, 0.5) is 0 Å². The summed E-state index contributed by atoms with van der Waals surface area (Å²) in [4.78, 5) is 37.0. The Kier molecular flexibility index (Phi) is 6.47. The third-order valence-corrected chi connectivity index (χ3v) is 6.59. The van der Waals surface area contributed by atoms with Gasteiger partial charge in [0.25, 0.3) is 5.56 Å². The molecule has 6 nitrogen and oxygen atoms in total. The van der Waals surface area contributed by atoms with Gasteiger partial charge in [-0.05, 0) is 49.4 Å². The number of nitrogens with zero attached hydrogens (tertiary/aromatic N) is 4. The first-order valence-corrected chi connectivity index (χ1v) is 11.5. The van der Waals surface area contributed by atoms with Crippen LogP contribution in [-0.4, -0.2) is 43.7 Å². The molecule has 1 atom stereocenters. The number of piperidine rings is 1. The first-order chi connectivity index (χ1) is 14.7. The molecule has 1 aliphatic heterocycles. The lowest BCUT2D eigenvalue weighted by Crippen LogP contribution is -2.44. The van der Waals surface area contributed by atoms with Gasteiger partial charge < -0.3 is 4.90 Å². The Morgan fingerprint density at radius 3 is 2.87 bits per heavy atom. The Hall–Kier alpha value is -2.67. The predicted molar refractivity (Wildman–Crippen MR) is 120 cm³/mol. The van der Waals surface area contributed by atoms with E-state index in [4.69, 9.17) is 4.98 Å². The molecule has 0 radical (unpaired) electrons. The van der Waals surface area contributed by atoms with Gasteiger partial charge in [0.05, 0.1) is 23.2 Å². The zero-order chi connectivity index (χ0) is 20.9. The number of para-hydroxylation sites is 1. The number of hydrogen-bond acceptors (Lipinski definition) is 5. The Morgan fingerprint density at radius 2 is 2.07 bits per heavy atom. The molecular weight excluding hydrogens is 396 g/mol. The van der Waals surface area contributed by atoms with Crippen molar-refractivity contribution in [1.82, 2.24) is 19.4 Å². The van der Waals surface area contributed by atoms with Crippen molar-refractivity contribution in [2.45, 2.75) is 50.4 Å². The molecule has 1 aliphatic rings. The van der Waals surface area contributed by atoms with E-state index in [0.717, 1.165) is 31.4 Å². The van der Waals surface area contributed by atoms with E-state index in [2.05, 4.69) is 11.9 Å². The summed E-state index contributed by atoms with van der Waals surface area (Å²) in [6.45, 7) is 3.34. The number of likely N-dealkylation sites (tertiary alicyclic amines) is 1. The van der Waals surface area contributed by atoms with Gasteiger partial charge in [0.1, 0.15) is 0 Å². The van der Waals surface area contributed by atoms with Gasteiger partial charge in [-0.3, -0.25) is 19.1 Å². The topological polar surface area (TPSA) is 68.1 Å². The summed E-state index contributed by atoms with van der Waals surface area (Å²) in [7, 11) is 0. The molecule has 2 aromatic heterocycles. The first kappa shape index (κ1) is 20.6. The summed E-state index contributed by atoms with van der Waals surface area (Å²) in [6, 6.07) is 11.5. The lowest BCUT2D eigenvalue weighted by Gasteiger charge is -2.35. The highest BCUT2D eigenvalue weighted by Crippen LogP contribution is 2.23. The molecule has 0 unspecified atom stereocenters. The molecule has 0 N–H and O–H groups in total. The minimum Gasteiger partial charge on any atom is -0.339 e. The van der Waals surface area contributed by atoms with Crippen LogP contribution in [0, 0.1) is 0 Å². The highest BCUT2D eigenvalue weighted by atomic mass is 32.2. The molecule has 1 aromatic carbocycles. The number of amides is 1. The minimum atomic E-state index is -0.0937. The van der Waals surface area contributed by atoms with Crippen LogP contribution < -0.4 is 5.56 Å². The van der Waals surface area contributed by atoms with E-state index in [1.54, 1.807) is 23.0 Å². The molecule has 0 saturated carbocycles. The van der Waals surface area contributed by atoms with Crippen LogP contribution in [0.15, 0.2) is 58.7 Å². The normalized spacial score (nSPS) is 16.7. The van der Waals surface area contributed by atoms with Gasteiger partial charge in [-0.1, -0.05) is 36.9 Å². The monoisotopic (exact) mass is 422 g/mol. The maximum absolute atomic E-state index is 13.2. The third-order valence-electron chi connectivity index (χ3n) is 5.63. The molecule has 0 spiro atoms. The molecular formula is C23H26N4O2S. The molecule has 30 heavy (non-hydrogen) atoms. The quantitative estimate of drug-likeness (QED) is 0.447. The number of pyridine rings is 1. The van der Waals surface area contributed by atoms with E-state index in [9.17, 15) is 9.59 Å². The van der Waals surface area contributed by atoms with E-state index in [1.807, 2.05) is 35.2 Å². The summed E-state index contributed by atoms with van der Waals surface area (Å²) >= 11 is 1.35. The Morgan fingerprint density at radius 1 is 1.20 bits per heavy atom. The second-order valence-electron chi connectivity index (χ2n) is 7.60. The van der Waals surface area contributed by atoms with Crippen LogP contribution in [0.5, 0.6) is 0 Å². The van der Waals surface area contributed by atoms with Gasteiger partial charge in [-0.2, -0.15) is 0 Å². The molecule has 1 saturated heterocycles. The third kappa shape index (κ3) is 4.41. The fourth-order valence-electron chi connectivity index (χ4n) is 4.03. The van der Waals surface area contributed by atoms with E-state index in [0.29, 0.717) is 28.6 Å². The summed E-state index contributed by atoms with van der Waals surface area (Å²) in [5.74, 6) is 0.413. The second-order valence-corrected chi connectivity index (χ2v) is 8.54. The minimum absolute atomic E-state index is 0.0937. The number of rotatable bonds is 6. The summed E-state index contributed by atoms with van der Waals surface area (Å²) in [5, 5.41) is 1.15.